The summed E-state index contributed by atoms with van der Waals surface area (Å²) < 4.78 is 0. The van der Waals surface area contributed by atoms with Crippen molar-refractivity contribution >= 4 is 16.7 Å². The number of para-hydroxylation sites is 1. The molecule has 3 nitrogen and oxygen atoms in total. The number of hydrogen-bond donors (Lipinski definition) is 0. The van der Waals surface area contributed by atoms with Gasteiger partial charge in [-0.05, 0) is 43.5 Å². The molecular formula is C17H21N3. The third-order valence-corrected chi connectivity index (χ3v) is 4.67. The highest BCUT2D eigenvalue weighted by Crippen LogP contribution is 2.30. The first-order valence-corrected chi connectivity index (χ1v) is 7.57. The molecule has 2 aliphatic heterocycles. The van der Waals surface area contributed by atoms with Crippen LogP contribution in [0.5, 0.6) is 0 Å². The van der Waals surface area contributed by atoms with Crippen LogP contribution in [0.4, 0.5) is 5.82 Å². The average molecular weight is 267 g/mol. The average Bonchev–Trinajstić information content (AvgIpc) is 2.45. The van der Waals surface area contributed by atoms with Gasteiger partial charge in [-0.25, -0.2) is 4.98 Å². The first-order valence-electron chi connectivity index (χ1n) is 7.57. The van der Waals surface area contributed by atoms with Crippen molar-refractivity contribution in [3.05, 3.63) is 36.4 Å². The van der Waals surface area contributed by atoms with Gasteiger partial charge in [-0.2, -0.15) is 0 Å². The van der Waals surface area contributed by atoms with Gasteiger partial charge in [-0.3, -0.25) is 0 Å². The number of anilines is 1. The minimum Gasteiger partial charge on any atom is -0.356 e. The normalized spacial score (nSPS) is 26.9. The SMILES string of the molecule is CN1CC2CC(C1)CN(c1ccc3ccccc3n1)C2. The van der Waals surface area contributed by atoms with Crippen molar-refractivity contribution in [3.8, 4) is 0 Å². The molecule has 4 rings (SSSR count). The summed E-state index contributed by atoms with van der Waals surface area (Å²) in [5.74, 6) is 2.77. The lowest BCUT2D eigenvalue weighted by Crippen LogP contribution is -2.51. The number of rotatable bonds is 1. The highest BCUT2D eigenvalue weighted by Gasteiger charge is 2.33. The Kier molecular flexibility index (Phi) is 2.88. The van der Waals surface area contributed by atoms with E-state index in [0.717, 1.165) is 36.3 Å². The second kappa shape index (κ2) is 4.74. The molecule has 2 atom stereocenters. The Hall–Kier alpha value is -1.61. The second-order valence-electron chi connectivity index (χ2n) is 6.46. The van der Waals surface area contributed by atoms with Gasteiger partial charge in [-0.15, -0.1) is 0 Å². The number of aromatic nitrogens is 1. The van der Waals surface area contributed by atoms with Crippen molar-refractivity contribution in [1.82, 2.24) is 9.88 Å². The van der Waals surface area contributed by atoms with Gasteiger partial charge in [0.05, 0.1) is 5.52 Å². The Morgan fingerprint density at radius 3 is 2.50 bits per heavy atom. The summed E-state index contributed by atoms with van der Waals surface area (Å²) in [5.41, 5.74) is 1.11. The van der Waals surface area contributed by atoms with E-state index in [0.29, 0.717) is 0 Å². The lowest BCUT2D eigenvalue weighted by atomic mass is 9.85. The van der Waals surface area contributed by atoms with E-state index < -0.39 is 0 Å². The Morgan fingerprint density at radius 1 is 0.950 bits per heavy atom. The molecule has 2 saturated heterocycles. The molecule has 0 N–H and O–H groups in total. The molecule has 2 aliphatic rings. The van der Waals surface area contributed by atoms with Crippen molar-refractivity contribution in [2.75, 3.05) is 38.1 Å². The molecule has 2 aromatic rings. The van der Waals surface area contributed by atoms with Crippen molar-refractivity contribution in [3.63, 3.8) is 0 Å². The van der Waals surface area contributed by atoms with Gasteiger partial charge in [0.25, 0.3) is 0 Å². The predicted octanol–water partition coefficient (Wildman–Crippen LogP) is 2.62. The van der Waals surface area contributed by atoms with Crippen LogP contribution in [0, 0.1) is 11.8 Å². The fourth-order valence-electron chi connectivity index (χ4n) is 3.96. The van der Waals surface area contributed by atoms with E-state index in [2.05, 4.69) is 53.2 Å². The van der Waals surface area contributed by atoms with Gasteiger partial charge in [0, 0.05) is 31.6 Å². The molecule has 2 bridgehead atoms. The number of nitrogens with zero attached hydrogens (tertiary/aromatic N) is 3. The Morgan fingerprint density at radius 2 is 1.70 bits per heavy atom. The van der Waals surface area contributed by atoms with Crippen LogP contribution in [0.1, 0.15) is 6.42 Å². The van der Waals surface area contributed by atoms with Crippen molar-refractivity contribution in [2.45, 2.75) is 6.42 Å². The number of benzene rings is 1. The molecule has 104 valence electrons. The maximum Gasteiger partial charge on any atom is 0.129 e. The van der Waals surface area contributed by atoms with E-state index in [4.69, 9.17) is 4.98 Å². The van der Waals surface area contributed by atoms with Crippen molar-refractivity contribution in [2.24, 2.45) is 11.8 Å². The van der Waals surface area contributed by atoms with Crippen molar-refractivity contribution in [1.29, 1.82) is 0 Å². The zero-order valence-electron chi connectivity index (χ0n) is 12.0. The molecule has 1 aromatic carbocycles. The zero-order chi connectivity index (χ0) is 13.5. The molecule has 2 unspecified atom stereocenters. The maximum atomic E-state index is 4.86. The van der Waals surface area contributed by atoms with Gasteiger partial charge >= 0.3 is 0 Å². The maximum absolute atomic E-state index is 4.86. The monoisotopic (exact) mass is 267 g/mol. The Labute approximate surface area is 120 Å². The van der Waals surface area contributed by atoms with E-state index in [1.54, 1.807) is 0 Å². The summed E-state index contributed by atoms with van der Waals surface area (Å²) in [6.45, 7) is 4.79. The summed E-state index contributed by atoms with van der Waals surface area (Å²) in [5, 5.41) is 1.23. The molecular weight excluding hydrogens is 246 g/mol. The standard InChI is InChI=1S/C17H21N3/c1-19-9-13-8-14(10-19)12-20(11-13)17-7-6-15-4-2-3-5-16(15)18-17/h2-7,13-14H,8-12H2,1H3. The van der Waals surface area contributed by atoms with Gasteiger partial charge in [0.1, 0.15) is 5.82 Å². The molecule has 0 radical (unpaired) electrons. The molecule has 0 aliphatic carbocycles. The quantitative estimate of drug-likeness (QED) is 0.792. The lowest BCUT2D eigenvalue weighted by molar-refractivity contribution is 0.133. The van der Waals surface area contributed by atoms with Crippen LogP contribution in [0.2, 0.25) is 0 Å². The van der Waals surface area contributed by atoms with E-state index in [9.17, 15) is 0 Å². The van der Waals surface area contributed by atoms with Gasteiger partial charge in [0.15, 0.2) is 0 Å². The molecule has 3 heterocycles. The summed E-state index contributed by atoms with van der Waals surface area (Å²) >= 11 is 0. The van der Waals surface area contributed by atoms with Crippen molar-refractivity contribution < 1.29 is 0 Å². The van der Waals surface area contributed by atoms with E-state index in [-0.39, 0.29) is 0 Å². The highest BCUT2D eigenvalue weighted by atomic mass is 15.2. The molecule has 1 aromatic heterocycles. The van der Waals surface area contributed by atoms with Crippen LogP contribution in [0.15, 0.2) is 36.4 Å². The largest absolute Gasteiger partial charge is 0.356 e. The number of pyridine rings is 1. The van der Waals surface area contributed by atoms with Crippen LogP contribution in [0.25, 0.3) is 10.9 Å². The smallest absolute Gasteiger partial charge is 0.129 e. The topological polar surface area (TPSA) is 19.4 Å². The van der Waals surface area contributed by atoms with E-state index in [1.807, 2.05) is 0 Å². The number of hydrogen-bond acceptors (Lipinski definition) is 3. The van der Waals surface area contributed by atoms with Gasteiger partial charge < -0.3 is 9.80 Å². The Bertz CT molecular complexity index is 606. The van der Waals surface area contributed by atoms with E-state index >= 15 is 0 Å². The van der Waals surface area contributed by atoms with Crippen LogP contribution < -0.4 is 4.90 Å². The summed E-state index contributed by atoms with van der Waals surface area (Å²) in [7, 11) is 2.25. The van der Waals surface area contributed by atoms with Crippen LogP contribution >= 0.6 is 0 Å². The minimum atomic E-state index is 0.806. The Balaban J connectivity index is 1.63. The molecule has 2 fully saturated rings. The number of likely N-dealkylation sites (tertiary alicyclic amines) is 1. The van der Waals surface area contributed by atoms with Gasteiger partial charge in [0.2, 0.25) is 0 Å². The molecule has 0 spiro atoms. The second-order valence-corrected chi connectivity index (χ2v) is 6.46. The lowest BCUT2D eigenvalue weighted by Gasteiger charge is -2.45. The van der Waals surface area contributed by atoms with Crippen LogP contribution in [-0.2, 0) is 0 Å². The van der Waals surface area contributed by atoms with Crippen LogP contribution in [0.3, 0.4) is 0 Å². The molecule has 0 saturated carbocycles. The minimum absolute atomic E-state index is 0.806. The fourth-order valence-corrected chi connectivity index (χ4v) is 3.96. The summed E-state index contributed by atoms with van der Waals surface area (Å²) in [4.78, 5) is 9.85. The fraction of sp³-hybridized carbons (Fsp3) is 0.471. The molecule has 0 amide bonds. The summed E-state index contributed by atoms with van der Waals surface area (Å²) in [6.07, 6.45) is 1.40. The highest BCUT2D eigenvalue weighted by molar-refractivity contribution is 5.80. The number of piperidine rings is 2. The van der Waals surface area contributed by atoms with Crippen LogP contribution in [-0.4, -0.2) is 43.1 Å². The predicted molar refractivity (Wildman–Crippen MR) is 83.1 cm³/mol. The van der Waals surface area contributed by atoms with E-state index in [1.165, 1.54) is 24.9 Å². The third-order valence-electron chi connectivity index (χ3n) is 4.67. The zero-order valence-corrected chi connectivity index (χ0v) is 12.0. The number of fused-ring (bicyclic) bond motifs is 3. The molecule has 20 heavy (non-hydrogen) atoms. The first kappa shape index (κ1) is 12.2. The van der Waals surface area contributed by atoms with Gasteiger partial charge in [-0.1, -0.05) is 18.2 Å². The summed E-state index contributed by atoms with van der Waals surface area (Å²) in [6, 6.07) is 12.8. The molecule has 3 heteroatoms. The first-order chi connectivity index (χ1) is 9.78. The third kappa shape index (κ3) is 2.16.